The van der Waals surface area contributed by atoms with Crippen LogP contribution in [0.3, 0.4) is 0 Å². The maximum Gasteiger partial charge on any atom is 0.186 e. The van der Waals surface area contributed by atoms with Gasteiger partial charge in [0.15, 0.2) is 5.13 Å². The molecule has 3 aromatic rings. The van der Waals surface area contributed by atoms with Gasteiger partial charge in [-0.25, -0.2) is 9.37 Å². The van der Waals surface area contributed by atoms with Crippen LogP contribution in [0.2, 0.25) is 0 Å². The highest BCUT2D eigenvalue weighted by Crippen LogP contribution is 2.31. The van der Waals surface area contributed by atoms with Crippen LogP contribution in [0.4, 0.5) is 9.52 Å². The Balaban J connectivity index is 1.33. The number of anilines is 1. The second-order valence-corrected chi connectivity index (χ2v) is 8.18. The van der Waals surface area contributed by atoms with Crippen molar-refractivity contribution in [2.75, 3.05) is 31.6 Å². The van der Waals surface area contributed by atoms with Gasteiger partial charge in [-0.2, -0.15) is 0 Å². The predicted molar refractivity (Wildman–Crippen MR) is 109 cm³/mol. The summed E-state index contributed by atoms with van der Waals surface area (Å²) in [6.45, 7) is 2.47. The number of nitrogens with zero attached hydrogens (tertiary/aromatic N) is 3. The molecular weight excluding hydrogens is 361 g/mol. The Bertz CT molecular complexity index is 857. The minimum Gasteiger partial charge on any atom is -0.387 e. The fourth-order valence-corrected chi connectivity index (χ4v) is 4.69. The number of benzene rings is 2. The van der Waals surface area contributed by atoms with Crippen molar-refractivity contribution in [2.24, 2.45) is 0 Å². The van der Waals surface area contributed by atoms with Gasteiger partial charge in [0, 0.05) is 32.7 Å². The van der Waals surface area contributed by atoms with Crippen LogP contribution in [-0.4, -0.2) is 47.7 Å². The molecule has 1 unspecified atom stereocenters. The lowest BCUT2D eigenvalue weighted by Crippen LogP contribution is -2.44. The third-order valence-electron chi connectivity index (χ3n) is 5.38. The molecule has 2 heterocycles. The minimum absolute atomic E-state index is 0.273. The number of aliphatic hydroxyl groups excluding tert-OH is 1. The number of para-hydroxylation sites is 1. The Labute approximate surface area is 162 Å². The molecule has 0 saturated carbocycles. The molecule has 0 spiro atoms. The van der Waals surface area contributed by atoms with Gasteiger partial charge in [-0.3, -0.25) is 0 Å². The first-order chi connectivity index (χ1) is 13.1. The molecular formula is C21H24FN3OS. The molecule has 0 bridgehead atoms. The van der Waals surface area contributed by atoms with Crippen LogP contribution in [0.1, 0.15) is 24.5 Å². The summed E-state index contributed by atoms with van der Waals surface area (Å²) >= 11 is 1.74. The van der Waals surface area contributed by atoms with Crippen molar-refractivity contribution in [1.29, 1.82) is 0 Å². The summed E-state index contributed by atoms with van der Waals surface area (Å²) in [5.74, 6) is -0.273. The fraction of sp³-hybridized carbons (Fsp3) is 0.381. The first kappa shape index (κ1) is 18.3. The number of hydrogen-bond donors (Lipinski definition) is 1. The van der Waals surface area contributed by atoms with Crippen molar-refractivity contribution in [3.05, 3.63) is 59.9 Å². The topological polar surface area (TPSA) is 39.6 Å². The van der Waals surface area contributed by atoms with Gasteiger partial charge in [0.1, 0.15) is 5.82 Å². The number of thiazole rings is 1. The third-order valence-corrected chi connectivity index (χ3v) is 6.50. The van der Waals surface area contributed by atoms with E-state index in [1.807, 2.05) is 6.07 Å². The summed E-state index contributed by atoms with van der Waals surface area (Å²) in [4.78, 5) is 9.35. The normalized spacial score (nSPS) is 17.3. The molecule has 1 aromatic heterocycles. The summed E-state index contributed by atoms with van der Waals surface area (Å²) in [5.41, 5.74) is 1.83. The zero-order valence-corrected chi connectivity index (χ0v) is 16.2. The Morgan fingerprint density at radius 1 is 1.19 bits per heavy atom. The average Bonchev–Trinajstić information content (AvgIpc) is 3.13. The molecule has 1 aliphatic rings. The van der Waals surface area contributed by atoms with E-state index in [0.717, 1.165) is 42.1 Å². The number of hydrogen-bond acceptors (Lipinski definition) is 5. The molecule has 6 heteroatoms. The average molecular weight is 386 g/mol. The Morgan fingerprint density at radius 3 is 2.59 bits per heavy atom. The van der Waals surface area contributed by atoms with Crippen molar-refractivity contribution >= 4 is 26.7 Å². The maximum atomic E-state index is 13.0. The zero-order valence-electron chi connectivity index (χ0n) is 15.4. The van der Waals surface area contributed by atoms with Gasteiger partial charge < -0.3 is 14.9 Å². The van der Waals surface area contributed by atoms with Crippen molar-refractivity contribution in [1.82, 2.24) is 9.88 Å². The molecule has 1 fully saturated rings. The Hall–Kier alpha value is -2.02. The monoisotopic (exact) mass is 385 g/mol. The number of halogens is 1. The molecule has 4 nitrogen and oxygen atoms in total. The molecule has 1 saturated heterocycles. The molecule has 4 rings (SSSR count). The number of β-amino-alcohol motifs (C(OH)–C–C–N with tert-alkyl or cyclic N) is 1. The van der Waals surface area contributed by atoms with Crippen LogP contribution in [0.5, 0.6) is 0 Å². The highest BCUT2D eigenvalue weighted by Gasteiger charge is 2.25. The van der Waals surface area contributed by atoms with Crippen molar-refractivity contribution < 1.29 is 9.50 Å². The number of piperidine rings is 1. The lowest BCUT2D eigenvalue weighted by molar-refractivity contribution is 0.0972. The molecule has 0 radical (unpaired) electrons. The van der Waals surface area contributed by atoms with Gasteiger partial charge in [-0.05, 0) is 42.7 Å². The quantitative estimate of drug-likeness (QED) is 0.719. The number of rotatable bonds is 5. The second-order valence-electron chi connectivity index (χ2n) is 7.17. The Kier molecular flexibility index (Phi) is 5.38. The van der Waals surface area contributed by atoms with E-state index in [-0.39, 0.29) is 5.82 Å². The lowest BCUT2D eigenvalue weighted by atomic mass is 10.0. The summed E-state index contributed by atoms with van der Waals surface area (Å²) < 4.78 is 14.3. The van der Waals surface area contributed by atoms with E-state index in [1.54, 1.807) is 23.5 Å². The van der Waals surface area contributed by atoms with Gasteiger partial charge in [0.25, 0.3) is 0 Å². The van der Waals surface area contributed by atoms with Crippen LogP contribution in [0.15, 0.2) is 48.5 Å². The first-order valence-corrected chi connectivity index (χ1v) is 10.2. The van der Waals surface area contributed by atoms with E-state index in [1.165, 1.54) is 16.8 Å². The molecule has 0 aliphatic carbocycles. The van der Waals surface area contributed by atoms with Crippen molar-refractivity contribution in [3.8, 4) is 0 Å². The van der Waals surface area contributed by atoms with E-state index in [0.29, 0.717) is 12.6 Å². The third kappa shape index (κ3) is 4.13. The molecule has 1 aliphatic heterocycles. The highest BCUT2D eigenvalue weighted by molar-refractivity contribution is 7.22. The van der Waals surface area contributed by atoms with Crippen LogP contribution in [-0.2, 0) is 0 Å². The Morgan fingerprint density at radius 2 is 1.89 bits per heavy atom. The standard InChI is InChI=1S/C21H24FN3OS/c1-24(21-23-18-4-2-3-5-20(18)27-21)17-10-12-25(13-11-17)14-19(26)15-6-8-16(22)9-7-15/h2-9,17,19,26H,10-14H2,1H3. The smallest absolute Gasteiger partial charge is 0.186 e. The number of fused-ring (bicyclic) bond motifs is 1. The maximum absolute atomic E-state index is 13.0. The predicted octanol–water partition coefficient (Wildman–Crippen LogP) is 4.07. The van der Waals surface area contributed by atoms with Gasteiger partial charge in [0.2, 0.25) is 0 Å². The van der Waals surface area contributed by atoms with Gasteiger partial charge in [0.05, 0.1) is 16.3 Å². The molecule has 0 amide bonds. The van der Waals surface area contributed by atoms with Crippen LogP contribution < -0.4 is 4.90 Å². The lowest BCUT2D eigenvalue weighted by Gasteiger charge is -2.37. The molecule has 2 aromatic carbocycles. The first-order valence-electron chi connectivity index (χ1n) is 9.34. The number of likely N-dealkylation sites (tertiary alicyclic amines) is 1. The fourth-order valence-electron chi connectivity index (χ4n) is 3.69. The zero-order chi connectivity index (χ0) is 18.8. The van der Waals surface area contributed by atoms with E-state index in [2.05, 4.69) is 35.0 Å². The largest absolute Gasteiger partial charge is 0.387 e. The van der Waals surface area contributed by atoms with Crippen LogP contribution in [0.25, 0.3) is 10.2 Å². The summed E-state index contributed by atoms with van der Waals surface area (Å²) in [6, 6.07) is 14.8. The van der Waals surface area contributed by atoms with E-state index in [4.69, 9.17) is 4.98 Å². The highest BCUT2D eigenvalue weighted by atomic mass is 32.1. The molecule has 1 atom stereocenters. The second kappa shape index (κ2) is 7.92. The van der Waals surface area contributed by atoms with Gasteiger partial charge in [-0.1, -0.05) is 35.6 Å². The van der Waals surface area contributed by atoms with Crippen molar-refractivity contribution in [3.63, 3.8) is 0 Å². The summed E-state index contributed by atoms with van der Waals surface area (Å²) in [5, 5.41) is 11.5. The molecule has 27 heavy (non-hydrogen) atoms. The number of aromatic nitrogens is 1. The summed E-state index contributed by atoms with van der Waals surface area (Å²) in [7, 11) is 2.13. The van der Waals surface area contributed by atoms with Crippen LogP contribution >= 0.6 is 11.3 Å². The molecule has 1 N–H and O–H groups in total. The minimum atomic E-state index is -0.579. The van der Waals surface area contributed by atoms with E-state index < -0.39 is 6.10 Å². The van der Waals surface area contributed by atoms with E-state index in [9.17, 15) is 9.50 Å². The summed E-state index contributed by atoms with van der Waals surface area (Å²) in [6.07, 6.45) is 1.51. The number of aliphatic hydroxyl groups is 1. The van der Waals surface area contributed by atoms with E-state index >= 15 is 0 Å². The van der Waals surface area contributed by atoms with Crippen molar-refractivity contribution in [2.45, 2.75) is 25.0 Å². The SMILES string of the molecule is CN(c1nc2ccccc2s1)C1CCN(CC(O)c2ccc(F)cc2)CC1. The van der Waals surface area contributed by atoms with Gasteiger partial charge >= 0.3 is 0 Å². The van der Waals surface area contributed by atoms with Crippen LogP contribution in [0, 0.1) is 5.82 Å². The molecule has 142 valence electrons. The van der Waals surface area contributed by atoms with Gasteiger partial charge in [-0.15, -0.1) is 0 Å².